The van der Waals surface area contributed by atoms with E-state index >= 15 is 0 Å². The van der Waals surface area contributed by atoms with Crippen LogP contribution in [0.3, 0.4) is 0 Å². The maximum atomic E-state index is 12.1. The lowest BCUT2D eigenvalue weighted by Gasteiger charge is -2.27. The number of hydrogen-bond acceptors (Lipinski definition) is 3. The summed E-state index contributed by atoms with van der Waals surface area (Å²) in [6.45, 7) is 4.15. The van der Waals surface area contributed by atoms with Gasteiger partial charge >= 0.3 is 5.97 Å². The van der Waals surface area contributed by atoms with E-state index in [1.807, 2.05) is 18.7 Å². The van der Waals surface area contributed by atoms with Crippen LogP contribution < -0.4 is 5.32 Å². The van der Waals surface area contributed by atoms with Crippen molar-refractivity contribution in [3.8, 4) is 0 Å². The molecule has 1 aliphatic rings. The van der Waals surface area contributed by atoms with Crippen molar-refractivity contribution in [2.75, 3.05) is 11.5 Å². The molecule has 0 radical (unpaired) electrons. The van der Waals surface area contributed by atoms with E-state index in [4.69, 9.17) is 5.11 Å². The zero-order valence-corrected chi connectivity index (χ0v) is 12.7. The van der Waals surface area contributed by atoms with E-state index in [0.29, 0.717) is 12.8 Å². The van der Waals surface area contributed by atoms with Crippen LogP contribution in [0.15, 0.2) is 0 Å². The Morgan fingerprint density at radius 1 is 1.37 bits per heavy atom. The van der Waals surface area contributed by atoms with E-state index in [-0.39, 0.29) is 23.8 Å². The molecule has 0 aliphatic heterocycles. The fraction of sp³-hybridized carbons (Fsp3) is 0.857. The number of thioether (sulfide) groups is 1. The third-order valence-electron chi connectivity index (χ3n) is 3.68. The van der Waals surface area contributed by atoms with Gasteiger partial charge in [-0.05, 0) is 44.1 Å². The summed E-state index contributed by atoms with van der Waals surface area (Å²) in [5.74, 6) is 0.987. The first-order chi connectivity index (χ1) is 9.04. The number of nitrogens with one attached hydrogen (secondary N) is 1. The lowest BCUT2D eigenvalue weighted by atomic mass is 9.81. The number of carboxylic acid groups (broad SMARTS) is 1. The molecule has 1 aliphatic carbocycles. The van der Waals surface area contributed by atoms with E-state index in [1.165, 1.54) is 0 Å². The normalized spacial score (nSPS) is 24.7. The molecule has 0 heterocycles. The molecule has 1 rings (SSSR count). The van der Waals surface area contributed by atoms with Crippen LogP contribution in [0.25, 0.3) is 0 Å². The summed E-state index contributed by atoms with van der Waals surface area (Å²) in [6, 6.07) is 0.178. The highest BCUT2D eigenvalue weighted by atomic mass is 32.2. The van der Waals surface area contributed by atoms with Crippen molar-refractivity contribution in [1.82, 2.24) is 5.32 Å². The standard InChI is InChI=1S/C14H25NO3S/c1-3-19-8-7-10(2)15-13(16)11-5-4-6-12(9-11)14(17)18/h10-12H,3-9H2,1-2H3,(H,15,16)(H,17,18). The van der Waals surface area contributed by atoms with Gasteiger partial charge in [0, 0.05) is 12.0 Å². The summed E-state index contributed by atoms with van der Waals surface area (Å²) >= 11 is 1.87. The average Bonchev–Trinajstić information content (AvgIpc) is 2.39. The molecule has 5 heteroatoms. The predicted octanol–water partition coefficient (Wildman–Crippen LogP) is 2.53. The number of carboxylic acids is 1. The first-order valence-corrected chi connectivity index (χ1v) is 8.31. The molecular formula is C14H25NO3S. The second kappa shape index (κ2) is 8.46. The second-order valence-electron chi connectivity index (χ2n) is 5.29. The van der Waals surface area contributed by atoms with Crippen LogP contribution in [0, 0.1) is 11.8 Å². The van der Waals surface area contributed by atoms with Gasteiger partial charge in [-0.25, -0.2) is 0 Å². The highest BCUT2D eigenvalue weighted by Crippen LogP contribution is 2.29. The minimum atomic E-state index is -0.759. The molecule has 3 unspecified atom stereocenters. The average molecular weight is 287 g/mol. The Morgan fingerprint density at radius 2 is 2.05 bits per heavy atom. The Balaban J connectivity index is 2.33. The predicted molar refractivity (Wildman–Crippen MR) is 78.3 cm³/mol. The molecule has 1 saturated carbocycles. The van der Waals surface area contributed by atoms with Gasteiger partial charge in [0.25, 0.3) is 0 Å². The van der Waals surface area contributed by atoms with Gasteiger partial charge in [0.05, 0.1) is 5.92 Å². The van der Waals surface area contributed by atoms with Gasteiger partial charge in [0.1, 0.15) is 0 Å². The van der Waals surface area contributed by atoms with Crippen molar-refractivity contribution >= 4 is 23.6 Å². The molecule has 4 nitrogen and oxygen atoms in total. The van der Waals surface area contributed by atoms with Crippen LogP contribution in [-0.2, 0) is 9.59 Å². The van der Waals surface area contributed by atoms with Gasteiger partial charge in [0.15, 0.2) is 0 Å². The molecule has 2 N–H and O–H groups in total. The third kappa shape index (κ3) is 5.85. The monoisotopic (exact) mass is 287 g/mol. The molecule has 0 aromatic rings. The zero-order chi connectivity index (χ0) is 14.3. The second-order valence-corrected chi connectivity index (χ2v) is 6.69. The summed E-state index contributed by atoms with van der Waals surface area (Å²) in [6.07, 6.45) is 3.85. The third-order valence-corrected chi connectivity index (χ3v) is 4.61. The first kappa shape index (κ1) is 16.3. The van der Waals surface area contributed by atoms with Gasteiger partial charge in [-0.3, -0.25) is 9.59 Å². The Kier molecular flexibility index (Phi) is 7.28. The molecule has 1 fully saturated rings. The van der Waals surface area contributed by atoms with E-state index in [1.54, 1.807) is 0 Å². The summed E-state index contributed by atoms with van der Waals surface area (Å²) in [5.41, 5.74) is 0. The molecule has 0 saturated heterocycles. The van der Waals surface area contributed by atoms with Crippen molar-refractivity contribution in [3.63, 3.8) is 0 Å². The topological polar surface area (TPSA) is 66.4 Å². The fourth-order valence-electron chi connectivity index (χ4n) is 2.49. The Labute approximate surface area is 119 Å². The van der Waals surface area contributed by atoms with Crippen molar-refractivity contribution in [1.29, 1.82) is 0 Å². The molecule has 0 spiro atoms. The summed E-state index contributed by atoms with van der Waals surface area (Å²) in [7, 11) is 0. The minimum absolute atomic E-state index is 0.0416. The number of hydrogen-bond donors (Lipinski definition) is 2. The van der Waals surface area contributed by atoms with Crippen molar-refractivity contribution < 1.29 is 14.7 Å². The quantitative estimate of drug-likeness (QED) is 0.706. The van der Waals surface area contributed by atoms with Crippen LogP contribution in [0.4, 0.5) is 0 Å². The van der Waals surface area contributed by atoms with E-state index < -0.39 is 5.97 Å². The van der Waals surface area contributed by atoms with E-state index in [9.17, 15) is 9.59 Å². The first-order valence-electron chi connectivity index (χ1n) is 7.15. The highest BCUT2D eigenvalue weighted by Gasteiger charge is 2.31. The highest BCUT2D eigenvalue weighted by molar-refractivity contribution is 7.99. The van der Waals surface area contributed by atoms with Gasteiger partial charge in [0.2, 0.25) is 5.91 Å². The number of rotatable bonds is 7. The molecule has 19 heavy (non-hydrogen) atoms. The van der Waals surface area contributed by atoms with Crippen LogP contribution in [-0.4, -0.2) is 34.5 Å². The largest absolute Gasteiger partial charge is 0.481 e. The SMILES string of the molecule is CCSCCC(C)NC(=O)C1CCCC(C(=O)O)C1. The van der Waals surface area contributed by atoms with Crippen molar-refractivity contribution in [2.45, 2.75) is 52.0 Å². The van der Waals surface area contributed by atoms with Crippen LogP contribution in [0.2, 0.25) is 0 Å². The molecule has 0 aromatic carbocycles. The molecule has 0 bridgehead atoms. The molecule has 0 aromatic heterocycles. The summed E-state index contributed by atoms with van der Waals surface area (Å²) < 4.78 is 0. The van der Waals surface area contributed by atoms with Crippen molar-refractivity contribution in [2.24, 2.45) is 11.8 Å². The zero-order valence-electron chi connectivity index (χ0n) is 11.9. The summed E-state index contributed by atoms with van der Waals surface area (Å²) in [5, 5.41) is 12.1. The number of carbonyl (C=O) groups is 2. The number of carbonyl (C=O) groups excluding carboxylic acids is 1. The molecule has 1 amide bonds. The van der Waals surface area contributed by atoms with Crippen molar-refractivity contribution in [3.05, 3.63) is 0 Å². The fourth-order valence-corrected chi connectivity index (χ4v) is 3.30. The number of aliphatic carboxylic acids is 1. The van der Waals surface area contributed by atoms with Gasteiger partial charge in [-0.15, -0.1) is 0 Å². The van der Waals surface area contributed by atoms with E-state index in [2.05, 4.69) is 12.2 Å². The van der Waals surface area contributed by atoms with E-state index in [0.717, 1.165) is 30.8 Å². The maximum Gasteiger partial charge on any atom is 0.306 e. The Morgan fingerprint density at radius 3 is 2.68 bits per heavy atom. The lowest BCUT2D eigenvalue weighted by molar-refractivity contribution is -0.144. The van der Waals surface area contributed by atoms with Crippen LogP contribution in [0.5, 0.6) is 0 Å². The van der Waals surface area contributed by atoms with Crippen LogP contribution in [0.1, 0.15) is 46.0 Å². The molecule has 3 atom stereocenters. The number of amides is 1. The Hall–Kier alpha value is -0.710. The van der Waals surface area contributed by atoms with Gasteiger partial charge in [-0.1, -0.05) is 13.3 Å². The maximum absolute atomic E-state index is 12.1. The lowest BCUT2D eigenvalue weighted by Crippen LogP contribution is -2.40. The minimum Gasteiger partial charge on any atom is -0.481 e. The molecular weight excluding hydrogens is 262 g/mol. The van der Waals surface area contributed by atoms with Gasteiger partial charge < -0.3 is 10.4 Å². The Bertz CT molecular complexity index is 309. The molecule has 110 valence electrons. The smallest absolute Gasteiger partial charge is 0.306 e. The van der Waals surface area contributed by atoms with Gasteiger partial charge in [-0.2, -0.15) is 11.8 Å². The van der Waals surface area contributed by atoms with Crippen LogP contribution >= 0.6 is 11.8 Å². The summed E-state index contributed by atoms with van der Waals surface area (Å²) in [4.78, 5) is 23.1.